The highest BCUT2D eigenvalue weighted by atomic mass is 35.5. The number of pyridine rings is 1. The molecule has 1 aliphatic rings. The number of hydrogen-bond donors (Lipinski definition) is 1. The summed E-state index contributed by atoms with van der Waals surface area (Å²) in [5.74, 6) is -2.16. The van der Waals surface area contributed by atoms with E-state index in [2.05, 4.69) is 10.3 Å². The van der Waals surface area contributed by atoms with Gasteiger partial charge in [0.2, 0.25) is 5.88 Å². The molecule has 1 N–H and O–H groups in total. The molecule has 7 nitrogen and oxygen atoms in total. The standard InChI is InChI=1S/C20H14ClF2N3O4S/c21-15-2-1-3-16(23)18(15)19(27)25-13-10-17-20(24-11-13)30-9-8-26(17)31(28,29)14-6-4-12(22)5-7-14/h1-7,10-11H,8-9H2,(H,25,27). The zero-order chi connectivity index (χ0) is 22.2. The first-order valence-corrected chi connectivity index (χ1v) is 10.8. The zero-order valence-corrected chi connectivity index (χ0v) is 17.3. The number of rotatable bonds is 4. The Morgan fingerprint density at radius 2 is 1.90 bits per heavy atom. The number of nitrogens with zero attached hydrogens (tertiary/aromatic N) is 2. The van der Waals surface area contributed by atoms with E-state index >= 15 is 0 Å². The number of halogens is 3. The third-order valence-corrected chi connectivity index (χ3v) is 6.63. The van der Waals surface area contributed by atoms with Crippen LogP contribution >= 0.6 is 11.6 Å². The van der Waals surface area contributed by atoms with Gasteiger partial charge in [0.15, 0.2) is 0 Å². The lowest BCUT2D eigenvalue weighted by molar-refractivity contribution is 0.102. The Morgan fingerprint density at radius 1 is 1.16 bits per heavy atom. The highest BCUT2D eigenvalue weighted by Gasteiger charge is 2.31. The van der Waals surface area contributed by atoms with E-state index in [1.807, 2.05) is 0 Å². The molecule has 0 unspecified atom stereocenters. The first kappa shape index (κ1) is 21.0. The van der Waals surface area contributed by atoms with E-state index in [-0.39, 0.29) is 45.9 Å². The Kier molecular flexibility index (Phi) is 5.50. The van der Waals surface area contributed by atoms with E-state index < -0.39 is 27.6 Å². The minimum absolute atomic E-state index is 0.0229. The van der Waals surface area contributed by atoms with Gasteiger partial charge in [-0.2, -0.15) is 0 Å². The fourth-order valence-corrected chi connectivity index (χ4v) is 4.72. The number of benzene rings is 2. The summed E-state index contributed by atoms with van der Waals surface area (Å²) in [6.45, 7) is 0.0297. The van der Waals surface area contributed by atoms with E-state index in [1.165, 1.54) is 24.4 Å². The van der Waals surface area contributed by atoms with E-state index in [4.69, 9.17) is 16.3 Å². The molecule has 0 fully saturated rings. The lowest BCUT2D eigenvalue weighted by atomic mass is 10.2. The van der Waals surface area contributed by atoms with Crippen LogP contribution in [0.1, 0.15) is 10.4 Å². The van der Waals surface area contributed by atoms with E-state index in [9.17, 15) is 22.0 Å². The highest BCUT2D eigenvalue weighted by molar-refractivity contribution is 7.92. The number of amides is 1. The van der Waals surface area contributed by atoms with Gasteiger partial charge in [-0.15, -0.1) is 0 Å². The van der Waals surface area contributed by atoms with E-state index in [0.717, 1.165) is 34.6 Å². The molecule has 0 bridgehead atoms. The van der Waals surface area contributed by atoms with Crippen molar-refractivity contribution in [2.24, 2.45) is 0 Å². The number of ether oxygens (including phenoxy) is 1. The first-order valence-electron chi connectivity index (χ1n) is 8.94. The van der Waals surface area contributed by atoms with Gasteiger partial charge in [0.25, 0.3) is 15.9 Å². The maximum Gasteiger partial charge on any atom is 0.264 e. The molecule has 0 radical (unpaired) electrons. The van der Waals surface area contributed by atoms with Crippen LogP contribution in [0.5, 0.6) is 5.88 Å². The predicted octanol–water partition coefficient (Wildman–Crippen LogP) is 3.85. The number of aromatic nitrogens is 1. The second kappa shape index (κ2) is 8.12. The molecule has 4 rings (SSSR count). The van der Waals surface area contributed by atoms with Crippen molar-refractivity contribution in [1.29, 1.82) is 0 Å². The second-order valence-corrected chi connectivity index (χ2v) is 8.75. The Balaban J connectivity index is 1.68. The number of anilines is 2. The SMILES string of the molecule is O=C(Nc1cnc2c(c1)N(S(=O)(=O)c1ccc(F)cc1)CCO2)c1c(F)cccc1Cl. The van der Waals surface area contributed by atoms with Crippen molar-refractivity contribution in [3.63, 3.8) is 0 Å². The fourth-order valence-electron chi connectivity index (χ4n) is 3.04. The normalized spacial score (nSPS) is 13.3. The Hall–Kier alpha value is -3.24. The predicted molar refractivity (Wildman–Crippen MR) is 110 cm³/mol. The summed E-state index contributed by atoms with van der Waals surface area (Å²) in [4.78, 5) is 16.4. The van der Waals surface area contributed by atoms with Gasteiger partial charge in [0.05, 0.1) is 33.9 Å². The summed E-state index contributed by atoms with van der Waals surface area (Å²) < 4.78 is 59.8. The molecule has 2 heterocycles. The summed E-state index contributed by atoms with van der Waals surface area (Å²) in [6, 6.07) is 9.56. The average molecular weight is 466 g/mol. The number of carbonyl (C=O) groups is 1. The average Bonchev–Trinajstić information content (AvgIpc) is 2.73. The van der Waals surface area contributed by atoms with Crippen LogP contribution in [0.2, 0.25) is 5.02 Å². The van der Waals surface area contributed by atoms with Crippen LogP contribution in [-0.2, 0) is 10.0 Å². The van der Waals surface area contributed by atoms with Crippen LogP contribution in [0, 0.1) is 11.6 Å². The highest BCUT2D eigenvalue weighted by Crippen LogP contribution is 2.35. The molecule has 160 valence electrons. The molecular formula is C20H14ClF2N3O4S. The van der Waals surface area contributed by atoms with Gasteiger partial charge in [-0.25, -0.2) is 22.2 Å². The minimum Gasteiger partial charge on any atom is -0.474 e. The van der Waals surface area contributed by atoms with Crippen molar-refractivity contribution in [1.82, 2.24) is 4.98 Å². The molecule has 2 aromatic carbocycles. The van der Waals surface area contributed by atoms with Crippen LogP contribution in [0.3, 0.4) is 0 Å². The van der Waals surface area contributed by atoms with E-state index in [0.29, 0.717) is 0 Å². The molecule has 1 aromatic heterocycles. The Labute approximate surface area is 181 Å². The van der Waals surface area contributed by atoms with Crippen molar-refractivity contribution >= 4 is 38.9 Å². The molecule has 0 aliphatic carbocycles. The first-order chi connectivity index (χ1) is 14.8. The van der Waals surface area contributed by atoms with Gasteiger partial charge in [0, 0.05) is 0 Å². The Bertz CT molecular complexity index is 1250. The van der Waals surface area contributed by atoms with Crippen molar-refractivity contribution < 1.29 is 26.7 Å². The molecule has 31 heavy (non-hydrogen) atoms. The molecule has 1 aliphatic heterocycles. The topological polar surface area (TPSA) is 88.6 Å². The number of fused-ring (bicyclic) bond motifs is 1. The molecule has 3 aromatic rings. The molecule has 11 heteroatoms. The molecule has 1 amide bonds. The van der Waals surface area contributed by atoms with Crippen LogP contribution in [0.4, 0.5) is 20.2 Å². The minimum atomic E-state index is -4.05. The lowest BCUT2D eigenvalue weighted by Crippen LogP contribution is -2.38. The number of hydrogen-bond acceptors (Lipinski definition) is 5. The maximum atomic E-state index is 14.0. The second-order valence-electron chi connectivity index (χ2n) is 6.48. The lowest BCUT2D eigenvalue weighted by Gasteiger charge is -2.30. The summed E-state index contributed by atoms with van der Waals surface area (Å²) in [6.07, 6.45) is 1.25. The molecule has 0 saturated carbocycles. The monoisotopic (exact) mass is 465 g/mol. The fraction of sp³-hybridized carbons (Fsp3) is 0.100. The van der Waals surface area contributed by atoms with Gasteiger partial charge in [0.1, 0.15) is 23.9 Å². The van der Waals surface area contributed by atoms with Crippen molar-refractivity contribution in [2.75, 3.05) is 22.8 Å². The summed E-state index contributed by atoms with van der Waals surface area (Å²) in [7, 11) is -4.05. The third kappa shape index (κ3) is 4.04. The smallest absolute Gasteiger partial charge is 0.264 e. The van der Waals surface area contributed by atoms with Crippen LogP contribution in [0.15, 0.2) is 59.6 Å². The van der Waals surface area contributed by atoms with E-state index in [1.54, 1.807) is 0 Å². The van der Waals surface area contributed by atoms with Crippen LogP contribution < -0.4 is 14.4 Å². The van der Waals surface area contributed by atoms with Gasteiger partial charge in [-0.1, -0.05) is 17.7 Å². The molecule has 0 atom stereocenters. The zero-order valence-electron chi connectivity index (χ0n) is 15.7. The van der Waals surface area contributed by atoms with Crippen LogP contribution in [-0.4, -0.2) is 32.5 Å². The summed E-state index contributed by atoms with van der Waals surface area (Å²) in [5, 5.41) is 2.38. The quantitative estimate of drug-likeness (QED) is 0.632. The van der Waals surface area contributed by atoms with Gasteiger partial charge in [-0.3, -0.25) is 9.10 Å². The number of sulfonamides is 1. The molecule has 0 saturated heterocycles. The number of nitrogens with one attached hydrogen (secondary N) is 1. The molecule has 0 spiro atoms. The summed E-state index contributed by atoms with van der Waals surface area (Å²) >= 11 is 5.92. The van der Waals surface area contributed by atoms with Crippen molar-refractivity contribution in [3.8, 4) is 5.88 Å². The van der Waals surface area contributed by atoms with Gasteiger partial charge < -0.3 is 10.1 Å². The third-order valence-electron chi connectivity index (χ3n) is 4.48. The van der Waals surface area contributed by atoms with Crippen molar-refractivity contribution in [3.05, 3.63) is 76.9 Å². The summed E-state index contributed by atoms with van der Waals surface area (Å²) in [5.41, 5.74) is -0.171. The molecular weight excluding hydrogens is 452 g/mol. The van der Waals surface area contributed by atoms with Gasteiger partial charge >= 0.3 is 0 Å². The largest absolute Gasteiger partial charge is 0.474 e. The maximum absolute atomic E-state index is 14.0. The Morgan fingerprint density at radius 3 is 2.61 bits per heavy atom. The van der Waals surface area contributed by atoms with Gasteiger partial charge in [-0.05, 0) is 42.5 Å². The van der Waals surface area contributed by atoms with Crippen molar-refractivity contribution in [2.45, 2.75) is 4.90 Å². The van der Waals surface area contributed by atoms with Crippen LogP contribution in [0.25, 0.3) is 0 Å². The number of carbonyl (C=O) groups excluding carboxylic acids is 1.